The fraction of sp³-hybridized carbons (Fsp3) is 0.433. The topological polar surface area (TPSA) is 52.1 Å². The smallest absolute Gasteiger partial charge is 0.343 e. The molecule has 3 aromatic rings. The number of aryl methyl sites for hydroxylation is 2. The van der Waals surface area contributed by atoms with E-state index >= 15 is 0 Å². The van der Waals surface area contributed by atoms with Gasteiger partial charge in [-0.05, 0) is 55.0 Å². The predicted molar refractivity (Wildman–Crippen MR) is 139 cm³/mol. The van der Waals surface area contributed by atoms with E-state index < -0.39 is 5.97 Å². The van der Waals surface area contributed by atoms with Crippen molar-refractivity contribution in [1.29, 1.82) is 0 Å². The Morgan fingerprint density at radius 2 is 1.43 bits per heavy atom. The normalized spacial score (nSPS) is 10.9. The standard InChI is InChI=1S/C30H37FN2O2/c1-3-5-7-8-9-11-13-24-18-19-27(20-28(24)31)35-30(34)26-16-14-25(15-17-26)29-32-21-23(22-33-29)12-10-6-4-2/h14-22H,3-13H2,1-2H3. The van der Waals surface area contributed by atoms with Gasteiger partial charge < -0.3 is 4.74 Å². The molecule has 0 spiro atoms. The molecule has 0 fully saturated rings. The second-order valence-electron chi connectivity index (χ2n) is 9.11. The van der Waals surface area contributed by atoms with Crippen LogP contribution in [0.25, 0.3) is 11.4 Å². The van der Waals surface area contributed by atoms with Crippen molar-refractivity contribution in [3.8, 4) is 17.1 Å². The van der Waals surface area contributed by atoms with Crippen LogP contribution in [0.4, 0.5) is 4.39 Å². The van der Waals surface area contributed by atoms with Gasteiger partial charge in [-0.3, -0.25) is 0 Å². The number of hydrogen-bond acceptors (Lipinski definition) is 4. The first kappa shape index (κ1) is 26.5. The van der Waals surface area contributed by atoms with Crippen molar-refractivity contribution in [3.05, 3.63) is 77.4 Å². The van der Waals surface area contributed by atoms with Crippen LogP contribution in [0.15, 0.2) is 54.9 Å². The summed E-state index contributed by atoms with van der Waals surface area (Å²) in [5.74, 6) is -0.0150. The summed E-state index contributed by atoms with van der Waals surface area (Å²) in [4.78, 5) is 21.5. The Morgan fingerprint density at radius 1 is 0.800 bits per heavy atom. The minimum atomic E-state index is -0.521. The van der Waals surface area contributed by atoms with Crippen LogP contribution in [0.2, 0.25) is 0 Å². The third-order valence-electron chi connectivity index (χ3n) is 6.19. The highest BCUT2D eigenvalue weighted by Gasteiger charge is 2.12. The number of esters is 1. The third kappa shape index (κ3) is 8.57. The number of aromatic nitrogens is 2. The van der Waals surface area contributed by atoms with Crippen molar-refractivity contribution in [2.45, 2.75) is 84.5 Å². The Kier molecular flexibility index (Phi) is 10.9. The molecule has 0 amide bonds. The molecule has 0 N–H and O–H groups in total. The molecule has 0 aliphatic rings. The number of unbranched alkanes of at least 4 members (excludes halogenated alkanes) is 7. The predicted octanol–water partition coefficient (Wildman–Crippen LogP) is 8.14. The lowest BCUT2D eigenvalue weighted by molar-refractivity contribution is 0.0734. The maximum atomic E-state index is 14.5. The maximum absolute atomic E-state index is 14.5. The van der Waals surface area contributed by atoms with Crippen molar-refractivity contribution in [3.63, 3.8) is 0 Å². The molecule has 35 heavy (non-hydrogen) atoms. The van der Waals surface area contributed by atoms with E-state index in [-0.39, 0.29) is 11.6 Å². The molecule has 5 heteroatoms. The SMILES string of the molecule is CCCCCCCCc1ccc(OC(=O)c2ccc(-c3ncc(CCCCC)cn3)cc2)cc1F. The highest BCUT2D eigenvalue weighted by Crippen LogP contribution is 2.21. The highest BCUT2D eigenvalue weighted by molar-refractivity contribution is 5.91. The monoisotopic (exact) mass is 476 g/mol. The summed E-state index contributed by atoms with van der Waals surface area (Å²) < 4.78 is 19.9. The van der Waals surface area contributed by atoms with Crippen LogP contribution in [0.3, 0.4) is 0 Å². The van der Waals surface area contributed by atoms with E-state index in [1.807, 2.05) is 12.4 Å². The van der Waals surface area contributed by atoms with Crippen LogP contribution in [-0.4, -0.2) is 15.9 Å². The molecule has 0 aliphatic heterocycles. The van der Waals surface area contributed by atoms with E-state index in [4.69, 9.17) is 4.74 Å². The van der Waals surface area contributed by atoms with Gasteiger partial charge in [0.15, 0.2) is 5.82 Å². The number of hydrogen-bond donors (Lipinski definition) is 0. The lowest BCUT2D eigenvalue weighted by atomic mass is 10.0. The van der Waals surface area contributed by atoms with Gasteiger partial charge in [0.05, 0.1) is 5.56 Å². The molecule has 0 unspecified atom stereocenters. The molecule has 186 valence electrons. The van der Waals surface area contributed by atoms with E-state index in [1.165, 1.54) is 44.6 Å². The molecule has 0 aliphatic carbocycles. The Hall–Kier alpha value is -3.08. The summed E-state index contributed by atoms with van der Waals surface area (Å²) in [6, 6.07) is 11.6. The zero-order valence-electron chi connectivity index (χ0n) is 21.1. The second kappa shape index (κ2) is 14.3. The molecule has 0 saturated heterocycles. The van der Waals surface area contributed by atoms with Crippen LogP contribution in [0, 0.1) is 5.82 Å². The molecule has 1 heterocycles. The third-order valence-corrected chi connectivity index (χ3v) is 6.19. The van der Waals surface area contributed by atoms with Gasteiger partial charge in [-0.1, -0.05) is 77.0 Å². The van der Waals surface area contributed by atoms with Crippen LogP contribution in [0.1, 0.15) is 93.1 Å². The van der Waals surface area contributed by atoms with Crippen LogP contribution in [0.5, 0.6) is 5.75 Å². The lowest BCUT2D eigenvalue weighted by Gasteiger charge is -2.08. The Morgan fingerprint density at radius 3 is 2.11 bits per heavy atom. The summed E-state index contributed by atoms with van der Waals surface area (Å²) >= 11 is 0. The Balaban J connectivity index is 1.52. The minimum absolute atomic E-state index is 0.213. The van der Waals surface area contributed by atoms with Gasteiger partial charge in [-0.15, -0.1) is 0 Å². The maximum Gasteiger partial charge on any atom is 0.343 e. The largest absolute Gasteiger partial charge is 0.423 e. The van der Waals surface area contributed by atoms with Crippen molar-refractivity contribution in [2.24, 2.45) is 0 Å². The van der Waals surface area contributed by atoms with E-state index in [9.17, 15) is 9.18 Å². The average molecular weight is 477 g/mol. The summed E-state index contributed by atoms with van der Waals surface area (Å²) in [6.07, 6.45) is 16.0. The fourth-order valence-electron chi connectivity index (χ4n) is 4.02. The number of carbonyl (C=O) groups excluding carboxylic acids is 1. The molecule has 3 rings (SSSR count). The number of rotatable bonds is 14. The van der Waals surface area contributed by atoms with Crippen molar-refractivity contribution in [2.75, 3.05) is 0 Å². The van der Waals surface area contributed by atoms with Gasteiger partial charge in [-0.25, -0.2) is 19.2 Å². The van der Waals surface area contributed by atoms with E-state index in [2.05, 4.69) is 23.8 Å². The van der Waals surface area contributed by atoms with Crippen LogP contribution < -0.4 is 4.74 Å². The van der Waals surface area contributed by atoms with Gasteiger partial charge in [0, 0.05) is 24.0 Å². The van der Waals surface area contributed by atoms with E-state index in [0.717, 1.165) is 36.8 Å². The zero-order chi connectivity index (χ0) is 24.9. The molecular formula is C30H37FN2O2. The average Bonchev–Trinajstić information content (AvgIpc) is 2.88. The summed E-state index contributed by atoms with van der Waals surface area (Å²) in [5, 5.41) is 0. The Bertz CT molecular complexity index is 1050. The summed E-state index contributed by atoms with van der Waals surface area (Å²) in [5.41, 5.74) is 3.02. The zero-order valence-corrected chi connectivity index (χ0v) is 21.1. The molecule has 4 nitrogen and oxygen atoms in total. The number of benzene rings is 2. The second-order valence-corrected chi connectivity index (χ2v) is 9.11. The quantitative estimate of drug-likeness (QED) is 0.134. The first-order valence-electron chi connectivity index (χ1n) is 13.0. The number of ether oxygens (including phenoxy) is 1. The van der Waals surface area contributed by atoms with Gasteiger partial charge in [0.25, 0.3) is 0 Å². The molecular weight excluding hydrogens is 439 g/mol. The fourth-order valence-corrected chi connectivity index (χ4v) is 4.02. The van der Waals surface area contributed by atoms with Crippen molar-refractivity contribution in [1.82, 2.24) is 9.97 Å². The molecule has 2 aromatic carbocycles. The van der Waals surface area contributed by atoms with Crippen LogP contribution in [-0.2, 0) is 12.8 Å². The first-order valence-corrected chi connectivity index (χ1v) is 13.0. The Labute approximate surface area is 209 Å². The van der Waals surface area contributed by atoms with E-state index in [0.29, 0.717) is 23.4 Å². The lowest BCUT2D eigenvalue weighted by Crippen LogP contribution is -2.09. The van der Waals surface area contributed by atoms with Crippen molar-refractivity contribution < 1.29 is 13.9 Å². The minimum Gasteiger partial charge on any atom is -0.423 e. The van der Waals surface area contributed by atoms with E-state index in [1.54, 1.807) is 36.4 Å². The van der Waals surface area contributed by atoms with Gasteiger partial charge in [0.1, 0.15) is 11.6 Å². The molecule has 0 bridgehead atoms. The van der Waals surface area contributed by atoms with Crippen LogP contribution >= 0.6 is 0 Å². The van der Waals surface area contributed by atoms with Gasteiger partial charge in [0.2, 0.25) is 0 Å². The molecule has 0 atom stereocenters. The molecule has 0 radical (unpaired) electrons. The van der Waals surface area contributed by atoms with Crippen molar-refractivity contribution >= 4 is 5.97 Å². The summed E-state index contributed by atoms with van der Waals surface area (Å²) in [6.45, 7) is 4.38. The number of nitrogens with zero attached hydrogens (tertiary/aromatic N) is 2. The van der Waals surface area contributed by atoms with Gasteiger partial charge >= 0.3 is 5.97 Å². The number of halogens is 1. The first-order chi connectivity index (χ1) is 17.1. The highest BCUT2D eigenvalue weighted by atomic mass is 19.1. The molecule has 0 saturated carbocycles. The molecule has 1 aromatic heterocycles. The number of carbonyl (C=O) groups is 1. The summed E-state index contributed by atoms with van der Waals surface area (Å²) in [7, 11) is 0. The van der Waals surface area contributed by atoms with Gasteiger partial charge in [-0.2, -0.15) is 0 Å².